The first-order valence-corrected chi connectivity index (χ1v) is 27.0. The number of hydrogen-bond acceptors (Lipinski definition) is 22. The molecule has 10 rings (SSSR count). The van der Waals surface area contributed by atoms with Crippen molar-refractivity contribution >= 4 is 0 Å². The molecule has 0 aromatic rings. The van der Waals surface area contributed by atoms with Gasteiger partial charge in [0.25, 0.3) is 0 Å². The Morgan fingerprint density at radius 2 is 1.20 bits per heavy atom. The Balaban J connectivity index is 0.927. The smallest absolute Gasteiger partial charge is 0.187 e. The van der Waals surface area contributed by atoms with Gasteiger partial charge in [-0.25, -0.2) is 0 Å². The van der Waals surface area contributed by atoms with Gasteiger partial charge < -0.3 is 109 Å². The van der Waals surface area contributed by atoms with E-state index < -0.39 is 153 Å². The van der Waals surface area contributed by atoms with Gasteiger partial charge in [-0.3, -0.25) is 0 Å². The van der Waals surface area contributed by atoms with Gasteiger partial charge in [0.2, 0.25) is 0 Å². The van der Waals surface area contributed by atoms with Gasteiger partial charge >= 0.3 is 0 Å². The SMILES string of the molecule is CC(C)=C[C@H]1CC(C)(O[C@H]2OC[C@@H](O)[C@@H](O)[C@@H]2O)C2C3CCC4[C@@]5(C)CC[C@H](O[C@@H]6O[C@H](CO)[C@@H](O)[C@H](O[C@@H]7O[C@H](CO)[C@@H](O)[C@H](O)[C@H]7O)[C@H]6O[C@@H]6O[C@@H](CO)[C@H](O)[C@H]6O)C(C)(C)C5CC[C@@]4(C)[C@@]34CO[C@@]2(C4)O1. The van der Waals surface area contributed by atoms with Crippen molar-refractivity contribution in [2.24, 2.45) is 45.3 Å². The summed E-state index contributed by atoms with van der Waals surface area (Å²) in [7, 11) is 0. The van der Waals surface area contributed by atoms with Crippen LogP contribution >= 0.6 is 0 Å². The lowest BCUT2D eigenvalue weighted by molar-refractivity contribution is -0.388. The monoisotopic (exact) mass is 1060 g/mol. The third-order valence-corrected chi connectivity index (χ3v) is 20.6. The van der Waals surface area contributed by atoms with E-state index in [4.69, 9.17) is 47.4 Å². The van der Waals surface area contributed by atoms with E-state index in [2.05, 4.69) is 40.7 Å². The van der Waals surface area contributed by atoms with Crippen LogP contribution in [0.2, 0.25) is 0 Å². The number of hydrogen-bond donors (Lipinski definition) is 12. The van der Waals surface area contributed by atoms with Gasteiger partial charge in [0, 0.05) is 24.2 Å². The highest BCUT2D eigenvalue weighted by atomic mass is 16.8. The molecule has 29 atom stereocenters. The Morgan fingerprint density at radius 1 is 0.608 bits per heavy atom. The lowest BCUT2D eigenvalue weighted by Gasteiger charge is -2.70. The fraction of sp³-hybridized carbons (Fsp3) is 0.962. The van der Waals surface area contributed by atoms with Crippen molar-refractivity contribution in [3.63, 3.8) is 0 Å². The summed E-state index contributed by atoms with van der Waals surface area (Å²) in [5, 5.41) is 128. The van der Waals surface area contributed by atoms with Gasteiger partial charge in [-0.1, -0.05) is 39.3 Å². The fourth-order valence-electron chi connectivity index (χ4n) is 17.1. The van der Waals surface area contributed by atoms with E-state index in [0.29, 0.717) is 25.9 Å². The summed E-state index contributed by atoms with van der Waals surface area (Å²) in [6.07, 6.45) is -20.6. The molecule has 22 nitrogen and oxygen atoms in total. The number of aliphatic hydroxyl groups excluding tert-OH is 12. The molecule has 74 heavy (non-hydrogen) atoms. The lowest BCUT2D eigenvalue weighted by Crippen LogP contribution is -2.69. The van der Waals surface area contributed by atoms with E-state index in [-0.39, 0.29) is 52.6 Å². The zero-order valence-corrected chi connectivity index (χ0v) is 43.6. The molecule has 424 valence electrons. The van der Waals surface area contributed by atoms with Gasteiger partial charge in [0.05, 0.1) is 50.8 Å². The summed E-state index contributed by atoms with van der Waals surface area (Å²) >= 11 is 0. The number of ether oxygens (including phenoxy) is 10. The fourth-order valence-corrected chi connectivity index (χ4v) is 17.1. The molecule has 10 fully saturated rings. The lowest BCUT2D eigenvalue weighted by atomic mass is 9.35. The first-order valence-electron chi connectivity index (χ1n) is 27.0. The van der Waals surface area contributed by atoms with Crippen LogP contribution in [0.1, 0.15) is 99.8 Å². The average molecular weight is 1060 g/mol. The quantitative estimate of drug-likeness (QED) is 0.0776. The second-order valence-electron chi connectivity index (χ2n) is 25.3. The first-order chi connectivity index (χ1) is 34.8. The largest absolute Gasteiger partial charge is 0.394 e. The maximum absolute atomic E-state index is 11.8. The molecular formula is C52H84O22. The molecule has 22 heteroatoms. The topological polar surface area (TPSA) is 335 Å². The van der Waals surface area contributed by atoms with Crippen LogP contribution in [-0.4, -0.2) is 229 Å². The Labute approximate surface area is 431 Å². The van der Waals surface area contributed by atoms with Crippen molar-refractivity contribution < 1.29 is 109 Å². The van der Waals surface area contributed by atoms with Crippen LogP contribution in [-0.2, 0) is 47.4 Å². The van der Waals surface area contributed by atoms with Gasteiger partial charge in [0.1, 0.15) is 85.5 Å². The van der Waals surface area contributed by atoms with E-state index in [1.54, 1.807) is 0 Å². The Morgan fingerprint density at radius 3 is 1.85 bits per heavy atom. The Bertz CT molecular complexity index is 2030. The van der Waals surface area contributed by atoms with Crippen molar-refractivity contribution in [2.75, 3.05) is 33.0 Å². The molecule has 10 aliphatic rings. The molecule has 6 heterocycles. The van der Waals surface area contributed by atoms with Crippen LogP contribution in [0.25, 0.3) is 0 Å². The number of rotatable bonds is 12. The summed E-state index contributed by atoms with van der Waals surface area (Å²) < 4.78 is 64.2. The van der Waals surface area contributed by atoms with Crippen molar-refractivity contribution in [1.82, 2.24) is 0 Å². The van der Waals surface area contributed by atoms with Gasteiger partial charge in [-0.15, -0.1) is 0 Å². The number of aliphatic hydroxyl groups is 12. The summed E-state index contributed by atoms with van der Waals surface area (Å²) in [6.45, 7) is 13.5. The van der Waals surface area contributed by atoms with E-state index in [9.17, 15) is 61.3 Å². The third-order valence-electron chi connectivity index (χ3n) is 20.6. The van der Waals surface area contributed by atoms with Gasteiger partial charge in [-0.2, -0.15) is 0 Å². The normalized spacial score (nSPS) is 56.7. The molecule has 4 saturated carbocycles. The molecule has 0 radical (unpaired) electrons. The zero-order chi connectivity index (χ0) is 53.4. The molecule has 6 aliphatic heterocycles. The first kappa shape index (κ1) is 56.1. The third kappa shape index (κ3) is 8.66. The molecule has 0 aromatic carbocycles. The molecule has 6 saturated heterocycles. The van der Waals surface area contributed by atoms with Crippen LogP contribution in [0, 0.1) is 45.3 Å². The highest BCUT2D eigenvalue weighted by Gasteiger charge is 2.81. The van der Waals surface area contributed by atoms with Crippen molar-refractivity contribution in [3.05, 3.63) is 11.6 Å². The molecule has 4 aliphatic carbocycles. The standard InChI is InChI=1S/C52H84O22/c1-22(2)14-23-15-50(7,74-43-37(62)32(57)25(56)19-65-43)42-24-8-9-30-48(5)12-11-31(47(3,4)29(48)10-13-49(30,6)51(24)20-52(42,73-23)66-21-51)70-46-41(72-44-38(63)34(59)27(17-54)68-44)40(35(60)28(18-55)69-46)71-45-39(64)36(61)33(58)26(16-53)67-45/h14,23-46,53-64H,8-13,15-21H2,1-7H3/t23-,24?,25+,26+,27-,28+,29?,30?,31-,32+,33+,34-,35+,36-,37-,38+,39+,40-,41+,42?,43+,44-,45-,46-,48-,49+,50?,51-,52-/m0/s1. The Kier molecular flexibility index (Phi) is 15.3. The molecule has 0 amide bonds. The summed E-state index contributed by atoms with van der Waals surface area (Å²) in [5.74, 6) is -0.746. The highest BCUT2D eigenvalue weighted by molar-refractivity contribution is 5.27. The number of fused-ring (bicyclic) bond motifs is 4. The van der Waals surface area contributed by atoms with Crippen molar-refractivity contribution in [2.45, 2.75) is 234 Å². The maximum atomic E-state index is 11.8. The predicted molar refractivity (Wildman–Crippen MR) is 251 cm³/mol. The van der Waals surface area contributed by atoms with Crippen molar-refractivity contribution in [3.8, 4) is 0 Å². The van der Waals surface area contributed by atoms with Crippen LogP contribution in [0.5, 0.6) is 0 Å². The van der Waals surface area contributed by atoms with Crippen LogP contribution < -0.4 is 0 Å². The minimum atomic E-state index is -1.89. The summed E-state index contributed by atoms with van der Waals surface area (Å²) in [6, 6.07) is 0. The minimum absolute atomic E-state index is 0.0992. The van der Waals surface area contributed by atoms with Gasteiger partial charge in [-0.05, 0) is 93.3 Å². The van der Waals surface area contributed by atoms with E-state index in [1.807, 2.05) is 13.8 Å². The van der Waals surface area contributed by atoms with Gasteiger partial charge in [0.15, 0.2) is 30.9 Å². The maximum Gasteiger partial charge on any atom is 0.187 e. The van der Waals surface area contributed by atoms with Crippen LogP contribution in [0.4, 0.5) is 0 Å². The molecule has 0 aromatic heterocycles. The van der Waals surface area contributed by atoms with E-state index in [0.717, 1.165) is 37.7 Å². The second-order valence-corrected chi connectivity index (χ2v) is 25.3. The van der Waals surface area contributed by atoms with Crippen molar-refractivity contribution in [1.29, 1.82) is 0 Å². The number of allylic oxidation sites excluding steroid dienone is 1. The molecule has 12 N–H and O–H groups in total. The van der Waals surface area contributed by atoms with E-state index >= 15 is 0 Å². The molecule has 5 unspecified atom stereocenters. The molecular weight excluding hydrogens is 977 g/mol. The second kappa shape index (κ2) is 20.1. The molecule has 2 bridgehead atoms. The van der Waals surface area contributed by atoms with Crippen LogP contribution in [0.15, 0.2) is 11.6 Å². The predicted octanol–water partition coefficient (Wildman–Crippen LogP) is -1.57. The average Bonchev–Trinajstić information content (AvgIpc) is 3.97. The summed E-state index contributed by atoms with van der Waals surface area (Å²) in [4.78, 5) is 0. The summed E-state index contributed by atoms with van der Waals surface area (Å²) in [5.41, 5.74) is -1.11. The zero-order valence-electron chi connectivity index (χ0n) is 43.6. The minimum Gasteiger partial charge on any atom is -0.394 e. The van der Waals surface area contributed by atoms with Crippen LogP contribution in [0.3, 0.4) is 0 Å². The highest BCUT2D eigenvalue weighted by Crippen LogP contribution is 2.80. The van der Waals surface area contributed by atoms with E-state index in [1.165, 1.54) is 0 Å². The Hall–Kier alpha value is -1.14. The molecule has 2 spiro atoms.